The van der Waals surface area contributed by atoms with Gasteiger partial charge in [-0.25, -0.2) is 4.98 Å². The molecule has 8 heteroatoms. The van der Waals surface area contributed by atoms with Crippen LogP contribution in [0.2, 0.25) is 5.02 Å². The molecule has 1 aromatic heterocycles. The lowest BCUT2D eigenvalue weighted by atomic mass is 10.0. The lowest BCUT2D eigenvalue weighted by Crippen LogP contribution is -2.14. The zero-order chi connectivity index (χ0) is 22.9. The van der Waals surface area contributed by atoms with Crippen LogP contribution in [0.15, 0.2) is 72.8 Å². The summed E-state index contributed by atoms with van der Waals surface area (Å²) >= 11 is 6.05. The van der Waals surface area contributed by atoms with Crippen molar-refractivity contribution < 1.29 is 22.7 Å². The molecule has 162 valence electrons. The zero-order valence-electron chi connectivity index (χ0n) is 16.7. The molecule has 3 aromatic carbocycles. The molecule has 1 amide bonds. The van der Waals surface area contributed by atoms with Gasteiger partial charge in [-0.2, -0.15) is 13.2 Å². The molecule has 0 bridgehead atoms. The van der Waals surface area contributed by atoms with E-state index >= 15 is 0 Å². The van der Waals surface area contributed by atoms with Crippen LogP contribution in [0.1, 0.15) is 15.9 Å². The van der Waals surface area contributed by atoms with Gasteiger partial charge in [-0.15, -0.1) is 0 Å². The predicted molar refractivity (Wildman–Crippen MR) is 118 cm³/mol. The summed E-state index contributed by atoms with van der Waals surface area (Å²) < 4.78 is 44.5. The first-order chi connectivity index (χ1) is 15.3. The number of halogens is 4. The van der Waals surface area contributed by atoms with E-state index in [0.717, 1.165) is 23.8 Å². The Labute approximate surface area is 186 Å². The van der Waals surface area contributed by atoms with Crippen molar-refractivity contribution >= 4 is 34.1 Å². The number of para-hydroxylation sites is 1. The number of ether oxygens (including phenoxy) is 1. The number of hydrogen-bond acceptors (Lipinski definition) is 3. The molecule has 0 saturated heterocycles. The Balaban J connectivity index is 1.79. The highest BCUT2D eigenvalue weighted by molar-refractivity contribution is 6.34. The van der Waals surface area contributed by atoms with Crippen molar-refractivity contribution in [3.05, 3.63) is 88.9 Å². The first kappa shape index (κ1) is 21.6. The Hall–Kier alpha value is -3.58. The molecule has 4 aromatic rings. The van der Waals surface area contributed by atoms with Gasteiger partial charge in [0.2, 0.25) is 0 Å². The highest BCUT2D eigenvalue weighted by Crippen LogP contribution is 2.34. The quantitative estimate of drug-likeness (QED) is 0.366. The minimum Gasteiger partial charge on any atom is -0.497 e. The van der Waals surface area contributed by atoms with Crippen molar-refractivity contribution in [3.63, 3.8) is 0 Å². The molecule has 32 heavy (non-hydrogen) atoms. The van der Waals surface area contributed by atoms with Crippen LogP contribution in [0.4, 0.5) is 18.9 Å². The molecule has 0 spiro atoms. The molecule has 0 radical (unpaired) electrons. The largest absolute Gasteiger partial charge is 0.497 e. The third-order valence-corrected chi connectivity index (χ3v) is 5.20. The van der Waals surface area contributed by atoms with Gasteiger partial charge in [-0.1, -0.05) is 41.9 Å². The SMILES string of the molecule is COc1cccc(-c2cc(C(=O)Nc3cc(C(F)(F)F)ccc3Cl)c3ccccc3n2)c1. The van der Waals surface area contributed by atoms with Gasteiger partial charge in [-0.05, 0) is 42.5 Å². The Bertz CT molecular complexity index is 1320. The Morgan fingerprint density at radius 3 is 2.53 bits per heavy atom. The van der Waals surface area contributed by atoms with Gasteiger partial charge in [0, 0.05) is 10.9 Å². The predicted octanol–water partition coefficient (Wildman–Crippen LogP) is 6.83. The van der Waals surface area contributed by atoms with Crippen LogP contribution < -0.4 is 10.1 Å². The Morgan fingerprint density at radius 2 is 1.78 bits per heavy atom. The number of methoxy groups -OCH3 is 1. The molecular weight excluding hydrogens is 441 g/mol. The van der Waals surface area contributed by atoms with Crippen LogP contribution in [0, 0.1) is 0 Å². The average molecular weight is 457 g/mol. The summed E-state index contributed by atoms with van der Waals surface area (Å²) in [6, 6.07) is 18.6. The number of anilines is 1. The second-order valence-electron chi connectivity index (χ2n) is 6.95. The van der Waals surface area contributed by atoms with Gasteiger partial charge in [0.1, 0.15) is 5.75 Å². The van der Waals surface area contributed by atoms with E-state index in [1.54, 1.807) is 55.6 Å². The minimum absolute atomic E-state index is 0.00210. The van der Waals surface area contributed by atoms with E-state index in [0.29, 0.717) is 22.3 Å². The van der Waals surface area contributed by atoms with E-state index in [9.17, 15) is 18.0 Å². The number of amides is 1. The summed E-state index contributed by atoms with van der Waals surface area (Å²) in [7, 11) is 1.55. The summed E-state index contributed by atoms with van der Waals surface area (Å²) in [5.74, 6) is 0.0215. The fourth-order valence-electron chi connectivity index (χ4n) is 3.28. The first-order valence-corrected chi connectivity index (χ1v) is 9.86. The van der Waals surface area contributed by atoms with Gasteiger partial charge in [0.15, 0.2) is 0 Å². The van der Waals surface area contributed by atoms with E-state index in [1.165, 1.54) is 0 Å². The van der Waals surface area contributed by atoms with E-state index < -0.39 is 17.6 Å². The molecule has 0 aliphatic carbocycles. The molecule has 0 saturated carbocycles. The van der Waals surface area contributed by atoms with Crippen molar-refractivity contribution in [1.29, 1.82) is 0 Å². The van der Waals surface area contributed by atoms with Crippen LogP contribution in [0.5, 0.6) is 5.75 Å². The molecule has 1 heterocycles. The third kappa shape index (κ3) is 4.38. The van der Waals surface area contributed by atoms with Crippen LogP contribution in [0.3, 0.4) is 0 Å². The number of aromatic nitrogens is 1. The van der Waals surface area contributed by atoms with Gasteiger partial charge >= 0.3 is 6.18 Å². The second kappa shape index (κ2) is 8.51. The van der Waals surface area contributed by atoms with E-state index in [1.807, 2.05) is 6.07 Å². The smallest absolute Gasteiger partial charge is 0.416 e. The Kier molecular flexibility index (Phi) is 5.76. The maximum absolute atomic E-state index is 13.1. The van der Waals surface area contributed by atoms with Crippen LogP contribution >= 0.6 is 11.6 Å². The number of benzene rings is 3. The van der Waals surface area contributed by atoms with Crippen LogP contribution in [-0.2, 0) is 6.18 Å². The number of carbonyl (C=O) groups excluding carboxylic acids is 1. The van der Waals surface area contributed by atoms with E-state index in [2.05, 4.69) is 10.3 Å². The number of pyridine rings is 1. The number of fused-ring (bicyclic) bond motifs is 1. The van der Waals surface area contributed by atoms with Crippen LogP contribution in [-0.4, -0.2) is 18.0 Å². The number of hydrogen-bond donors (Lipinski definition) is 1. The van der Waals surface area contributed by atoms with E-state index in [-0.39, 0.29) is 16.3 Å². The van der Waals surface area contributed by atoms with Gasteiger partial charge in [0.05, 0.1) is 40.2 Å². The maximum atomic E-state index is 13.1. The number of nitrogens with zero attached hydrogens (tertiary/aromatic N) is 1. The number of carbonyl (C=O) groups is 1. The molecule has 0 unspecified atom stereocenters. The van der Waals surface area contributed by atoms with Crippen LogP contribution in [0.25, 0.3) is 22.2 Å². The highest BCUT2D eigenvalue weighted by Gasteiger charge is 2.31. The first-order valence-electron chi connectivity index (χ1n) is 9.48. The van der Waals surface area contributed by atoms with Gasteiger partial charge in [0.25, 0.3) is 5.91 Å². The molecule has 0 atom stereocenters. The van der Waals surface area contributed by atoms with Gasteiger partial charge < -0.3 is 10.1 Å². The number of nitrogens with one attached hydrogen (secondary N) is 1. The molecule has 4 nitrogen and oxygen atoms in total. The standard InChI is InChI=1S/C24H16ClF3N2O2/c1-32-16-6-4-5-14(11-16)21-13-18(17-7-2-3-8-20(17)29-21)23(31)30-22-12-15(24(26,27)28)9-10-19(22)25/h2-13H,1H3,(H,30,31). The summed E-state index contributed by atoms with van der Waals surface area (Å²) in [5, 5.41) is 3.06. The fraction of sp³-hybridized carbons (Fsp3) is 0.0833. The highest BCUT2D eigenvalue weighted by atomic mass is 35.5. The molecule has 0 fully saturated rings. The normalized spacial score (nSPS) is 11.4. The second-order valence-corrected chi connectivity index (χ2v) is 7.36. The summed E-state index contributed by atoms with van der Waals surface area (Å²) in [4.78, 5) is 17.8. The lowest BCUT2D eigenvalue weighted by molar-refractivity contribution is -0.137. The van der Waals surface area contributed by atoms with Crippen molar-refractivity contribution in [2.75, 3.05) is 12.4 Å². The summed E-state index contributed by atoms with van der Waals surface area (Å²) in [6.07, 6.45) is -4.56. The van der Waals surface area contributed by atoms with Crippen molar-refractivity contribution in [3.8, 4) is 17.0 Å². The molecular formula is C24H16ClF3N2O2. The Morgan fingerprint density at radius 1 is 1.00 bits per heavy atom. The summed E-state index contributed by atoms with van der Waals surface area (Å²) in [6.45, 7) is 0. The average Bonchev–Trinajstić information content (AvgIpc) is 2.79. The van der Waals surface area contributed by atoms with Crippen molar-refractivity contribution in [2.45, 2.75) is 6.18 Å². The minimum atomic E-state index is -4.56. The molecule has 1 N–H and O–H groups in total. The number of alkyl halides is 3. The van der Waals surface area contributed by atoms with Gasteiger partial charge in [-0.3, -0.25) is 4.79 Å². The summed E-state index contributed by atoms with van der Waals surface area (Å²) in [5.41, 5.74) is 1.02. The lowest BCUT2D eigenvalue weighted by Gasteiger charge is -2.14. The fourth-order valence-corrected chi connectivity index (χ4v) is 3.45. The number of rotatable bonds is 4. The van der Waals surface area contributed by atoms with Crippen molar-refractivity contribution in [1.82, 2.24) is 4.98 Å². The van der Waals surface area contributed by atoms with Crippen molar-refractivity contribution in [2.24, 2.45) is 0 Å². The zero-order valence-corrected chi connectivity index (χ0v) is 17.5. The molecule has 0 aliphatic rings. The topological polar surface area (TPSA) is 51.2 Å². The molecule has 4 rings (SSSR count). The third-order valence-electron chi connectivity index (χ3n) is 4.87. The maximum Gasteiger partial charge on any atom is 0.416 e. The monoisotopic (exact) mass is 456 g/mol. The molecule has 0 aliphatic heterocycles. The van der Waals surface area contributed by atoms with E-state index in [4.69, 9.17) is 16.3 Å².